The van der Waals surface area contributed by atoms with Gasteiger partial charge < -0.3 is 19.9 Å². The molecule has 1 aromatic heterocycles. The van der Waals surface area contributed by atoms with Gasteiger partial charge in [-0.1, -0.05) is 42.1 Å². The van der Waals surface area contributed by atoms with Crippen LogP contribution < -0.4 is 15.8 Å². The van der Waals surface area contributed by atoms with Gasteiger partial charge in [-0.2, -0.15) is 0 Å². The second kappa shape index (κ2) is 10.6. The number of rotatable bonds is 9. The molecule has 2 rings (SSSR count). The Balaban J connectivity index is 1.91. The van der Waals surface area contributed by atoms with Crippen LogP contribution in [0.5, 0.6) is 0 Å². The van der Waals surface area contributed by atoms with Gasteiger partial charge in [-0.15, -0.1) is 0 Å². The molecule has 9 heteroatoms. The van der Waals surface area contributed by atoms with Crippen molar-refractivity contribution in [2.75, 3.05) is 33.5 Å². The number of amides is 1. The zero-order valence-corrected chi connectivity index (χ0v) is 17.0. The second-order valence-corrected chi connectivity index (χ2v) is 7.39. The van der Waals surface area contributed by atoms with Crippen molar-refractivity contribution in [1.29, 1.82) is 0 Å². The monoisotopic (exact) mass is 405 g/mol. The highest BCUT2D eigenvalue weighted by atomic mass is 32.2. The standard InChI is InChI=1S/C19H24N4O4S/c1-23(2)15(13-7-5-4-6-8-13)11-20-17(25)12-28-19-21-14(9-16(24)22-19)10-18(26)27-3/h4-9,15H,10-12H2,1-3H3,(H,20,25)(H,21,22,24)/p+1/t15-/m0/s1. The van der Waals surface area contributed by atoms with Crippen LogP contribution in [0.2, 0.25) is 0 Å². The number of thioether (sulfide) groups is 1. The molecule has 28 heavy (non-hydrogen) atoms. The molecule has 0 fully saturated rings. The summed E-state index contributed by atoms with van der Waals surface area (Å²) in [5, 5.41) is 3.22. The van der Waals surface area contributed by atoms with Crippen LogP contribution in [0.15, 0.2) is 46.3 Å². The molecule has 0 spiro atoms. The van der Waals surface area contributed by atoms with E-state index in [4.69, 9.17) is 0 Å². The fourth-order valence-electron chi connectivity index (χ4n) is 2.60. The van der Waals surface area contributed by atoms with Crippen molar-refractivity contribution in [1.82, 2.24) is 15.3 Å². The van der Waals surface area contributed by atoms with Crippen molar-refractivity contribution < 1.29 is 19.2 Å². The maximum atomic E-state index is 12.2. The van der Waals surface area contributed by atoms with E-state index in [9.17, 15) is 14.4 Å². The number of likely N-dealkylation sites (N-methyl/N-ethyl adjacent to an activating group) is 1. The Labute approximate surface area is 167 Å². The number of carbonyl (C=O) groups excluding carboxylic acids is 2. The van der Waals surface area contributed by atoms with E-state index in [1.165, 1.54) is 18.1 Å². The molecule has 2 aromatic rings. The first-order valence-electron chi connectivity index (χ1n) is 8.80. The average molecular weight is 406 g/mol. The minimum atomic E-state index is -0.482. The molecule has 150 valence electrons. The van der Waals surface area contributed by atoms with E-state index in [-0.39, 0.29) is 29.7 Å². The maximum Gasteiger partial charge on any atom is 0.311 e. The second-order valence-electron chi connectivity index (χ2n) is 6.43. The fourth-order valence-corrected chi connectivity index (χ4v) is 3.33. The summed E-state index contributed by atoms with van der Waals surface area (Å²) in [7, 11) is 5.35. The van der Waals surface area contributed by atoms with Crippen molar-refractivity contribution in [3.8, 4) is 0 Å². The largest absolute Gasteiger partial charge is 0.469 e. The number of aromatic amines is 1. The predicted octanol–water partition coefficient (Wildman–Crippen LogP) is -0.420. The first kappa shape index (κ1) is 21.6. The highest BCUT2D eigenvalue weighted by Crippen LogP contribution is 2.12. The van der Waals surface area contributed by atoms with Crippen LogP contribution in [0.1, 0.15) is 17.3 Å². The molecule has 1 amide bonds. The topological polar surface area (TPSA) is 106 Å². The molecular formula is C19H25N4O4S+. The third-order valence-electron chi connectivity index (χ3n) is 4.07. The molecule has 0 radical (unpaired) electrons. The Bertz CT molecular complexity index is 855. The van der Waals surface area contributed by atoms with Crippen LogP contribution in [0.25, 0.3) is 0 Å². The molecule has 1 aromatic carbocycles. The number of hydrogen-bond donors (Lipinski definition) is 3. The first-order chi connectivity index (χ1) is 13.4. The number of hydrogen-bond acceptors (Lipinski definition) is 6. The van der Waals surface area contributed by atoms with Gasteiger partial charge in [0.1, 0.15) is 6.04 Å². The number of aromatic nitrogens is 2. The number of carbonyl (C=O) groups is 2. The van der Waals surface area contributed by atoms with Crippen LogP contribution in [0.3, 0.4) is 0 Å². The first-order valence-corrected chi connectivity index (χ1v) is 9.79. The average Bonchev–Trinajstić information content (AvgIpc) is 2.66. The molecular weight excluding hydrogens is 380 g/mol. The third kappa shape index (κ3) is 6.82. The van der Waals surface area contributed by atoms with E-state index in [1.54, 1.807) is 0 Å². The summed E-state index contributed by atoms with van der Waals surface area (Å²) in [6, 6.07) is 11.4. The predicted molar refractivity (Wildman–Crippen MR) is 106 cm³/mol. The SMILES string of the molecule is COC(=O)Cc1cc(=O)[nH]c(SCC(=O)NC[C@@H](c2ccccc2)[NH+](C)C)n1. The van der Waals surface area contributed by atoms with Crippen LogP contribution >= 0.6 is 11.8 Å². The molecule has 8 nitrogen and oxygen atoms in total. The number of nitrogens with one attached hydrogen (secondary N) is 3. The molecule has 3 N–H and O–H groups in total. The lowest BCUT2D eigenvalue weighted by atomic mass is 10.1. The van der Waals surface area contributed by atoms with Crippen molar-refractivity contribution in [3.63, 3.8) is 0 Å². The van der Waals surface area contributed by atoms with Gasteiger partial charge in [-0.25, -0.2) is 4.98 Å². The lowest BCUT2D eigenvalue weighted by Gasteiger charge is -2.22. The summed E-state index contributed by atoms with van der Waals surface area (Å²) in [4.78, 5) is 43.2. The molecule has 0 aliphatic rings. The molecule has 0 saturated heterocycles. The molecule has 0 aliphatic carbocycles. The van der Waals surface area contributed by atoms with Gasteiger partial charge in [0.25, 0.3) is 5.56 Å². The minimum Gasteiger partial charge on any atom is -0.469 e. The van der Waals surface area contributed by atoms with E-state index in [0.717, 1.165) is 17.3 Å². The van der Waals surface area contributed by atoms with E-state index >= 15 is 0 Å². The molecule has 1 atom stereocenters. The van der Waals surface area contributed by atoms with E-state index in [2.05, 4.69) is 20.0 Å². The van der Waals surface area contributed by atoms with E-state index < -0.39 is 5.97 Å². The molecule has 0 unspecified atom stereocenters. The quantitative estimate of drug-likeness (QED) is 0.297. The number of nitrogens with zero attached hydrogens (tertiary/aromatic N) is 1. The Morgan fingerprint density at radius 2 is 2.00 bits per heavy atom. The summed E-state index contributed by atoms with van der Waals surface area (Å²) in [6.45, 7) is 0.498. The van der Waals surface area contributed by atoms with Gasteiger partial charge >= 0.3 is 5.97 Å². The van der Waals surface area contributed by atoms with Gasteiger partial charge in [-0.05, 0) is 0 Å². The number of quaternary nitrogens is 1. The lowest BCUT2D eigenvalue weighted by Crippen LogP contribution is -3.07. The number of ether oxygens (including phenoxy) is 1. The highest BCUT2D eigenvalue weighted by molar-refractivity contribution is 7.99. The summed E-state index contributed by atoms with van der Waals surface area (Å²) in [5.41, 5.74) is 1.08. The number of benzene rings is 1. The van der Waals surface area contributed by atoms with Gasteiger partial charge in [0, 0.05) is 11.6 Å². The van der Waals surface area contributed by atoms with Crippen molar-refractivity contribution >= 4 is 23.6 Å². The van der Waals surface area contributed by atoms with Crippen LogP contribution in [0.4, 0.5) is 0 Å². The number of H-pyrrole nitrogens is 1. The fraction of sp³-hybridized carbons (Fsp3) is 0.368. The molecule has 0 saturated carbocycles. The van der Waals surface area contributed by atoms with Crippen LogP contribution in [-0.2, 0) is 20.7 Å². The summed E-state index contributed by atoms with van der Waals surface area (Å²) < 4.78 is 4.58. The molecule has 0 bridgehead atoms. The van der Waals surface area contributed by atoms with Crippen molar-refractivity contribution in [3.05, 3.63) is 58.0 Å². The number of methoxy groups -OCH3 is 1. The Kier molecular flexibility index (Phi) is 8.21. The Morgan fingerprint density at radius 3 is 2.64 bits per heavy atom. The summed E-state index contributed by atoms with van der Waals surface area (Å²) in [6.07, 6.45) is -0.0927. The zero-order valence-electron chi connectivity index (χ0n) is 16.2. The van der Waals surface area contributed by atoms with Crippen LogP contribution in [-0.4, -0.2) is 55.3 Å². The van der Waals surface area contributed by atoms with Crippen molar-refractivity contribution in [2.45, 2.75) is 17.6 Å². The Hall–Kier alpha value is -2.65. The minimum absolute atomic E-state index is 0.0927. The number of esters is 1. The zero-order chi connectivity index (χ0) is 20.5. The van der Waals surface area contributed by atoms with Gasteiger partial charge in [0.2, 0.25) is 5.91 Å². The normalized spacial score (nSPS) is 11.9. The maximum absolute atomic E-state index is 12.2. The van der Waals surface area contributed by atoms with E-state index in [0.29, 0.717) is 17.4 Å². The van der Waals surface area contributed by atoms with Crippen molar-refractivity contribution in [2.24, 2.45) is 0 Å². The Morgan fingerprint density at radius 1 is 1.29 bits per heavy atom. The van der Waals surface area contributed by atoms with Gasteiger partial charge in [0.05, 0.1) is 45.6 Å². The summed E-state index contributed by atoms with van der Waals surface area (Å²) >= 11 is 1.11. The third-order valence-corrected chi connectivity index (χ3v) is 4.94. The highest BCUT2D eigenvalue weighted by Gasteiger charge is 2.18. The molecule has 1 heterocycles. The van der Waals surface area contributed by atoms with Gasteiger partial charge in [0.15, 0.2) is 5.16 Å². The van der Waals surface area contributed by atoms with Crippen LogP contribution in [0, 0.1) is 0 Å². The smallest absolute Gasteiger partial charge is 0.311 e. The van der Waals surface area contributed by atoms with E-state index in [1.807, 2.05) is 44.4 Å². The molecule has 0 aliphatic heterocycles. The lowest BCUT2D eigenvalue weighted by molar-refractivity contribution is -0.890. The van der Waals surface area contributed by atoms with Gasteiger partial charge in [-0.3, -0.25) is 14.4 Å². The summed E-state index contributed by atoms with van der Waals surface area (Å²) in [5.74, 6) is -0.535.